The van der Waals surface area contributed by atoms with Gasteiger partial charge >= 0.3 is 0 Å². The number of nitrogens with zero attached hydrogens (tertiary/aromatic N) is 5. The Bertz CT molecular complexity index is 1240. The highest BCUT2D eigenvalue weighted by Gasteiger charge is 2.21. The molecule has 0 aliphatic rings. The molecule has 2 heterocycles. The highest BCUT2D eigenvalue weighted by atomic mass is 32.2. The van der Waals surface area contributed by atoms with Gasteiger partial charge < -0.3 is 0 Å². The van der Waals surface area contributed by atoms with E-state index in [1.807, 2.05) is 42.0 Å². The van der Waals surface area contributed by atoms with E-state index in [1.54, 1.807) is 18.2 Å². The molecule has 158 valence electrons. The summed E-state index contributed by atoms with van der Waals surface area (Å²) in [7, 11) is 0. The van der Waals surface area contributed by atoms with Gasteiger partial charge in [0.15, 0.2) is 10.3 Å². The first-order chi connectivity index (χ1) is 14.9. The molecule has 0 unspecified atom stereocenters. The second-order valence-electron chi connectivity index (χ2n) is 6.92. The second kappa shape index (κ2) is 8.99. The molecule has 0 spiro atoms. The summed E-state index contributed by atoms with van der Waals surface area (Å²) in [5, 5.41) is 11.6. The third kappa shape index (κ3) is 4.52. The molecule has 0 aliphatic carbocycles. The normalized spacial score (nSPS) is 11.0. The standard InChI is InChI=1S/C22H20FN5OS2/c1-14-7-6-8-18(11-14)27-15(2)25-26-22(27)31-13-17-12-30-21(24-17)28(16(3)29)20-10-5-4-9-19(20)23/h4-12H,13H2,1-3H3. The van der Waals surface area contributed by atoms with E-state index in [4.69, 9.17) is 0 Å². The average molecular weight is 454 g/mol. The van der Waals surface area contributed by atoms with E-state index in [0.717, 1.165) is 27.9 Å². The highest BCUT2D eigenvalue weighted by Crippen LogP contribution is 2.32. The molecule has 0 fully saturated rings. The van der Waals surface area contributed by atoms with E-state index >= 15 is 0 Å². The van der Waals surface area contributed by atoms with Crippen molar-refractivity contribution in [2.75, 3.05) is 4.90 Å². The van der Waals surface area contributed by atoms with Crippen molar-refractivity contribution in [2.24, 2.45) is 0 Å². The number of thioether (sulfide) groups is 1. The topological polar surface area (TPSA) is 63.9 Å². The van der Waals surface area contributed by atoms with Crippen molar-refractivity contribution >= 4 is 39.8 Å². The first kappa shape index (κ1) is 21.2. The molecule has 6 nitrogen and oxygen atoms in total. The van der Waals surface area contributed by atoms with Gasteiger partial charge in [-0.15, -0.1) is 21.5 Å². The molecule has 31 heavy (non-hydrogen) atoms. The summed E-state index contributed by atoms with van der Waals surface area (Å²) in [6.07, 6.45) is 0. The van der Waals surface area contributed by atoms with Gasteiger partial charge in [-0.2, -0.15) is 0 Å². The number of amides is 1. The molecule has 0 saturated heterocycles. The monoisotopic (exact) mass is 453 g/mol. The number of hydrogen-bond acceptors (Lipinski definition) is 6. The lowest BCUT2D eigenvalue weighted by atomic mass is 10.2. The quantitative estimate of drug-likeness (QED) is 0.363. The Morgan fingerprint density at radius 1 is 1.16 bits per heavy atom. The van der Waals surface area contributed by atoms with E-state index in [0.29, 0.717) is 10.9 Å². The average Bonchev–Trinajstić information content (AvgIpc) is 3.34. The maximum absolute atomic E-state index is 14.3. The summed E-state index contributed by atoms with van der Waals surface area (Å²) in [5.41, 5.74) is 3.14. The minimum absolute atomic E-state index is 0.193. The van der Waals surface area contributed by atoms with Crippen molar-refractivity contribution in [1.82, 2.24) is 19.7 Å². The predicted octanol–water partition coefficient (Wildman–Crippen LogP) is 5.46. The van der Waals surface area contributed by atoms with Crippen molar-refractivity contribution in [3.63, 3.8) is 0 Å². The van der Waals surface area contributed by atoms with Crippen LogP contribution in [-0.2, 0) is 10.5 Å². The fraction of sp³-hybridized carbons (Fsp3) is 0.182. The van der Waals surface area contributed by atoms with Crippen LogP contribution in [0.4, 0.5) is 15.2 Å². The Morgan fingerprint density at radius 3 is 2.71 bits per heavy atom. The van der Waals surface area contributed by atoms with Gasteiger partial charge in [-0.3, -0.25) is 14.3 Å². The molecular weight excluding hydrogens is 433 g/mol. The summed E-state index contributed by atoms with van der Waals surface area (Å²) >= 11 is 2.81. The van der Waals surface area contributed by atoms with Crippen LogP contribution in [0.1, 0.15) is 24.0 Å². The number of aromatic nitrogens is 4. The van der Waals surface area contributed by atoms with Crippen molar-refractivity contribution in [3.8, 4) is 5.69 Å². The van der Waals surface area contributed by atoms with Gasteiger partial charge in [0.25, 0.3) is 0 Å². The predicted molar refractivity (Wildman–Crippen MR) is 122 cm³/mol. The summed E-state index contributed by atoms with van der Waals surface area (Å²) < 4.78 is 16.3. The van der Waals surface area contributed by atoms with Gasteiger partial charge in [0.1, 0.15) is 11.6 Å². The maximum Gasteiger partial charge on any atom is 0.230 e. The van der Waals surface area contributed by atoms with E-state index in [1.165, 1.54) is 41.0 Å². The van der Waals surface area contributed by atoms with Crippen molar-refractivity contribution in [2.45, 2.75) is 31.7 Å². The zero-order valence-electron chi connectivity index (χ0n) is 17.2. The van der Waals surface area contributed by atoms with Gasteiger partial charge in [-0.25, -0.2) is 9.37 Å². The van der Waals surface area contributed by atoms with Crippen LogP contribution in [0, 0.1) is 19.7 Å². The van der Waals surface area contributed by atoms with Gasteiger partial charge in [0.2, 0.25) is 5.91 Å². The molecule has 2 aromatic carbocycles. The molecule has 0 bridgehead atoms. The van der Waals surface area contributed by atoms with Gasteiger partial charge in [-0.1, -0.05) is 36.0 Å². The summed E-state index contributed by atoms with van der Waals surface area (Å²) in [4.78, 5) is 18.1. The maximum atomic E-state index is 14.3. The molecule has 0 saturated carbocycles. The molecule has 0 radical (unpaired) electrons. The van der Waals surface area contributed by atoms with Crippen molar-refractivity contribution in [1.29, 1.82) is 0 Å². The first-order valence-electron chi connectivity index (χ1n) is 9.55. The van der Waals surface area contributed by atoms with Crippen LogP contribution in [0.15, 0.2) is 59.1 Å². The molecule has 9 heteroatoms. The lowest BCUT2D eigenvalue weighted by Gasteiger charge is -2.18. The lowest BCUT2D eigenvalue weighted by molar-refractivity contribution is -0.115. The zero-order valence-corrected chi connectivity index (χ0v) is 18.9. The number of thiazole rings is 1. The lowest BCUT2D eigenvalue weighted by Crippen LogP contribution is -2.23. The van der Waals surface area contributed by atoms with Crippen LogP contribution in [0.25, 0.3) is 5.69 Å². The van der Waals surface area contributed by atoms with Crippen LogP contribution in [0.2, 0.25) is 0 Å². The molecule has 2 aromatic heterocycles. The number of aryl methyl sites for hydroxylation is 2. The third-order valence-corrected chi connectivity index (χ3v) is 6.38. The molecule has 0 N–H and O–H groups in total. The van der Waals surface area contributed by atoms with Crippen LogP contribution < -0.4 is 4.90 Å². The summed E-state index contributed by atoms with van der Waals surface area (Å²) in [6, 6.07) is 14.3. The number of para-hydroxylation sites is 1. The Kier molecular flexibility index (Phi) is 6.15. The third-order valence-electron chi connectivity index (χ3n) is 4.54. The molecule has 1 amide bonds. The minimum atomic E-state index is -0.467. The van der Waals surface area contributed by atoms with Crippen LogP contribution in [0.3, 0.4) is 0 Å². The minimum Gasteiger partial charge on any atom is -0.274 e. The van der Waals surface area contributed by atoms with Crippen molar-refractivity contribution < 1.29 is 9.18 Å². The molecule has 0 aliphatic heterocycles. The molecule has 4 rings (SSSR count). The number of carbonyl (C=O) groups is 1. The first-order valence-corrected chi connectivity index (χ1v) is 11.4. The number of benzene rings is 2. The van der Waals surface area contributed by atoms with E-state index in [9.17, 15) is 9.18 Å². The fourth-order valence-electron chi connectivity index (χ4n) is 3.14. The smallest absolute Gasteiger partial charge is 0.230 e. The Hall–Kier alpha value is -3.04. The van der Waals surface area contributed by atoms with Crippen LogP contribution in [0.5, 0.6) is 0 Å². The number of carbonyl (C=O) groups excluding carboxylic acids is 1. The van der Waals surface area contributed by atoms with E-state index < -0.39 is 5.82 Å². The number of halogens is 1. The van der Waals surface area contributed by atoms with Crippen molar-refractivity contribution in [3.05, 3.63) is 76.8 Å². The molecular formula is C22H20FN5OS2. The molecule has 0 atom stereocenters. The van der Waals surface area contributed by atoms with E-state index in [2.05, 4.69) is 21.2 Å². The van der Waals surface area contributed by atoms with Gasteiger partial charge in [0.05, 0.1) is 11.4 Å². The molecule has 4 aromatic rings. The zero-order chi connectivity index (χ0) is 22.0. The Labute approximate surface area is 187 Å². The van der Waals surface area contributed by atoms with E-state index in [-0.39, 0.29) is 11.6 Å². The number of hydrogen-bond donors (Lipinski definition) is 0. The summed E-state index contributed by atoms with van der Waals surface area (Å²) in [5.74, 6) is 0.581. The van der Waals surface area contributed by atoms with Crippen LogP contribution in [-0.4, -0.2) is 25.7 Å². The largest absolute Gasteiger partial charge is 0.274 e. The van der Waals surface area contributed by atoms with Gasteiger partial charge in [-0.05, 0) is 43.7 Å². The SMILES string of the molecule is CC(=O)N(c1nc(CSc2nnc(C)n2-c2cccc(C)c2)cs1)c1ccccc1F. The van der Waals surface area contributed by atoms with Gasteiger partial charge in [0, 0.05) is 23.7 Å². The number of rotatable bonds is 6. The highest BCUT2D eigenvalue weighted by molar-refractivity contribution is 7.98. The number of anilines is 2. The Morgan fingerprint density at radius 2 is 1.97 bits per heavy atom. The van der Waals surface area contributed by atoms with Crippen LogP contribution >= 0.6 is 23.1 Å². The fourth-order valence-corrected chi connectivity index (χ4v) is 5.02. The second-order valence-corrected chi connectivity index (χ2v) is 8.70. The Balaban J connectivity index is 1.56. The summed E-state index contributed by atoms with van der Waals surface area (Å²) in [6.45, 7) is 5.36.